The van der Waals surface area contributed by atoms with Gasteiger partial charge in [-0.05, 0) is 91.7 Å². The summed E-state index contributed by atoms with van der Waals surface area (Å²) in [7, 11) is 0. The summed E-state index contributed by atoms with van der Waals surface area (Å²) in [6, 6.07) is 7.50. The summed E-state index contributed by atoms with van der Waals surface area (Å²) >= 11 is 6.28. The number of allylic oxidation sites excluding steroid dienone is 1. The van der Waals surface area contributed by atoms with Crippen LogP contribution in [0.2, 0.25) is 5.02 Å². The van der Waals surface area contributed by atoms with Gasteiger partial charge in [0.15, 0.2) is 5.78 Å². The van der Waals surface area contributed by atoms with E-state index in [1.165, 1.54) is 18.4 Å². The molecule has 6 atom stereocenters. The number of anilines is 1. The van der Waals surface area contributed by atoms with E-state index in [1.807, 2.05) is 30.3 Å². The minimum Gasteiger partial charge on any atom is -0.325 e. The number of fused-ring (bicyclic) bond motifs is 5. The SMILES string of the molecule is C[C@]12CCC(=O)C=C1CC[C@@H]1[C@H]2CC[C@]2(C)C(C(=O)Nc3ccccc3Cl)CC[C@@H]12. The van der Waals surface area contributed by atoms with Gasteiger partial charge in [-0.1, -0.05) is 43.2 Å². The van der Waals surface area contributed by atoms with E-state index in [4.69, 9.17) is 11.6 Å². The fourth-order valence-corrected chi connectivity index (χ4v) is 7.96. The Hall–Kier alpha value is -1.61. The van der Waals surface area contributed by atoms with Crippen LogP contribution in [-0.2, 0) is 9.59 Å². The highest BCUT2D eigenvalue weighted by atomic mass is 35.5. The summed E-state index contributed by atoms with van der Waals surface area (Å²) in [6.07, 6.45) is 10.3. The Balaban J connectivity index is 1.38. The molecule has 1 aromatic rings. The summed E-state index contributed by atoms with van der Waals surface area (Å²) in [5.41, 5.74) is 2.39. The van der Waals surface area contributed by atoms with Gasteiger partial charge < -0.3 is 5.32 Å². The molecule has 0 saturated heterocycles. The molecule has 3 nitrogen and oxygen atoms in total. The highest BCUT2D eigenvalue weighted by Gasteiger charge is 2.60. The molecule has 1 unspecified atom stereocenters. The molecule has 1 aromatic carbocycles. The maximum atomic E-state index is 13.3. The summed E-state index contributed by atoms with van der Waals surface area (Å²) in [5, 5.41) is 3.72. The Bertz CT molecular complexity index is 923. The number of ketones is 1. The number of para-hydroxylation sites is 1. The fraction of sp³-hybridized carbons (Fsp3) is 0.615. The molecule has 3 fully saturated rings. The van der Waals surface area contributed by atoms with Crippen LogP contribution in [0.4, 0.5) is 5.69 Å². The van der Waals surface area contributed by atoms with Crippen molar-refractivity contribution in [3.05, 3.63) is 40.9 Å². The molecule has 4 aliphatic carbocycles. The highest BCUT2D eigenvalue weighted by molar-refractivity contribution is 6.33. The molecule has 0 aliphatic heterocycles. The van der Waals surface area contributed by atoms with Crippen LogP contribution >= 0.6 is 11.6 Å². The number of carbonyl (C=O) groups excluding carboxylic acids is 2. The van der Waals surface area contributed by atoms with Gasteiger partial charge in [-0.25, -0.2) is 0 Å². The van der Waals surface area contributed by atoms with Gasteiger partial charge in [0.1, 0.15) is 0 Å². The van der Waals surface area contributed by atoms with Gasteiger partial charge >= 0.3 is 0 Å². The number of amides is 1. The lowest BCUT2D eigenvalue weighted by atomic mass is 9.47. The van der Waals surface area contributed by atoms with Crippen LogP contribution in [-0.4, -0.2) is 11.7 Å². The summed E-state index contributed by atoms with van der Waals surface area (Å²) in [5.74, 6) is 2.45. The zero-order valence-corrected chi connectivity index (χ0v) is 18.8. The van der Waals surface area contributed by atoms with E-state index in [-0.39, 0.29) is 22.7 Å². The number of benzene rings is 1. The van der Waals surface area contributed by atoms with Crippen LogP contribution in [0.15, 0.2) is 35.9 Å². The second-order valence-corrected chi connectivity index (χ2v) is 11.0. The number of halogens is 1. The highest BCUT2D eigenvalue weighted by Crippen LogP contribution is 2.66. The maximum absolute atomic E-state index is 13.3. The topological polar surface area (TPSA) is 46.2 Å². The third-order valence-electron chi connectivity index (χ3n) is 9.41. The largest absolute Gasteiger partial charge is 0.325 e. The summed E-state index contributed by atoms with van der Waals surface area (Å²) < 4.78 is 0. The van der Waals surface area contributed by atoms with Crippen molar-refractivity contribution in [2.75, 3.05) is 5.32 Å². The molecule has 4 heteroatoms. The van der Waals surface area contributed by atoms with Gasteiger partial charge in [0.05, 0.1) is 10.7 Å². The Labute approximate surface area is 184 Å². The lowest BCUT2D eigenvalue weighted by Gasteiger charge is -2.58. The van der Waals surface area contributed by atoms with Crippen molar-refractivity contribution in [2.45, 2.75) is 65.2 Å². The molecule has 0 aromatic heterocycles. The van der Waals surface area contributed by atoms with Crippen molar-refractivity contribution in [2.24, 2.45) is 34.5 Å². The first kappa shape index (κ1) is 20.3. The molecule has 0 heterocycles. The first-order valence-electron chi connectivity index (χ1n) is 11.6. The van der Waals surface area contributed by atoms with Crippen molar-refractivity contribution in [1.82, 2.24) is 0 Å². The van der Waals surface area contributed by atoms with Gasteiger partial charge in [-0.2, -0.15) is 0 Å². The van der Waals surface area contributed by atoms with Crippen LogP contribution in [0.5, 0.6) is 0 Å². The average Bonchev–Trinajstić information content (AvgIpc) is 3.07. The van der Waals surface area contributed by atoms with E-state index in [1.54, 1.807) is 0 Å². The normalized spacial score (nSPS) is 40.1. The van der Waals surface area contributed by atoms with Crippen LogP contribution in [0.3, 0.4) is 0 Å². The lowest BCUT2D eigenvalue weighted by molar-refractivity contribution is -0.127. The number of hydrogen-bond donors (Lipinski definition) is 1. The molecule has 0 bridgehead atoms. The maximum Gasteiger partial charge on any atom is 0.228 e. The Morgan fingerprint density at radius 3 is 2.63 bits per heavy atom. The quantitative estimate of drug-likeness (QED) is 0.593. The summed E-state index contributed by atoms with van der Waals surface area (Å²) in [4.78, 5) is 25.3. The van der Waals surface area contributed by atoms with E-state index >= 15 is 0 Å². The van der Waals surface area contributed by atoms with Gasteiger partial charge in [0.2, 0.25) is 5.91 Å². The number of rotatable bonds is 2. The zero-order chi connectivity index (χ0) is 21.1. The van der Waals surface area contributed by atoms with Crippen molar-refractivity contribution in [1.29, 1.82) is 0 Å². The molecule has 1 amide bonds. The first-order chi connectivity index (χ1) is 14.3. The second-order valence-electron chi connectivity index (χ2n) is 10.6. The molecular formula is C26H32ClNO2. The molecule has 0 spiro atoms. The monoisotopic (exact) mass is 425 g/mol. The van der Waals surface area contributed by atoms with E-state index in [0.717, 1.165) is 37.8 Å². The Morgan fingerprint density at radius 1 is 1.03 bits per heavy atom. The zero-order valence-electron chi connectivity index (χ0n) is 18.0. The Kier molecular flexibility index (Phi) is 4.89. The number of nitrogens with one attached hydrogen (secondary N) is 1. The molecule has 5 rings (SSSR count). The van der Waals surface area contributed by atoms with Crippen molar-refractivity contribution >= 4 is 29.0 Å². The molecule has 4 aliphatic rings. The lowest BCUT2D eigenvalue weighted by Crippen LogP contribution is -2.51. The van der Waals surface area contributed by atoms with Crippen molar-refractivity contribution in [3.63, 3.8) is 0 Å². The number of carbonyl (C=O) groups is 2. The van der Waals surface area contributed by atoms with E-state index < -0.39 is 0 Å². The second kappa shape index (κ2) is 7.22. The third kappa shape index (κ3) is 2.99. The standard InChI is InChI=1S/C26H32ClNO2/c1-25-13-11-17(29)15-16(25)7-8-18-19-9-10-21(26(19,2)14-12-20(18)25)24(30)28-23-6-4-3-5-22(23)27/h3-6,15,18-21H,7-14H2,1-2H3,(H,28,30)/t18-,19-,20+,21?,25-,26-/m0/s1. The smallest absolute Gasteiger partial charge is 0.228 e. The average molecular weight is 426 g/mol. The van der Waals surface area contributed by atoms with Crippen LogP contribution in [0.1, 0.15) is 65.2 Å². The summed E-state index contributed by atoms with van der Waals surface area (Å²) in [6.45, 7) is 4.79. The van der Waals surface area contributed by atoms with Crippen LogP contribution in [0, 0.1) is 34.5 Å². The predicted octanol–water partition coefficient (Wildman–Crippen LogP) is 6.43. The van der Waals surface area contributed by atoms with Gasteiger partial charge in [-0.15, -0.1) is 0 Å². The molecule has 3 saturated carbocycles. The molecule has 0 radical (unpaired) electrons. The van der Waals surface area contributed by atoms with Gasteiger partial charge in [0.25, 0.3) is 0 Å². The predicted molar refractivity (Wildman–Crippen MR) is 120 cm³/mol. The molecule has 1 N–H and O–H groups in total. The van der Waals surface area contributed by atoms with E-state index in [0.29, 0.717) is 35.0 Å². The molecular weight excluding hydrogens is 394 g/mol. The first-order valence-corrected chi connectivity index (χ1v) is 12.0. The van der Waals surface area contributed by atoms with Gasteiger partial charge in [-0.3, -0.25) is 9.59 Å². The third-order valence-corrected chi connectivity index (χ3v) is 9.74. The van der Waals surface area contributed by atoms with E-state index in [9.17, 15) is 9.59 Å². The molecule has 30 heavy (non-hydrogen) atoms. The molecule has 160 valence electrons. The minimum atomic E-state index is 0.0531. The van der Waals surface area contributed by atoms with Crippen molar-refractivity contribution in [3.8, 4) is 0 Å². The van der Waals surface area contributed by atoms with Crippen LogP contribution in [0.25, 0.3) is 0 Å². The van der Waals surface area contributed by atoms with Gasteiger partial charge in [0, 0.05) is 12.3 Å². The van der Waals surface area contributed by atoms with Crippen molar-refractivity contribution < 1.29 is 9.59 Å². The minimum absolute atomic E-state index is 0.0531. The fourth-order valence-electron chi connectivity index (χ4n) is 7.77. The van der Waals surface area contributed by atoms with Crippen LogP contribution < -0.4 is 5.32 Å². The van der Waals surface area contributed by atoms with E-state index in [2.05, 4.69) is 19.2 Å². The number of hydrogen-bond acceptors (Lipinski definition) is 2. The Morgan fingerprint density at radius 2 is 1.83 bits per heavy atom.